The molecule has 1 aliphatic heterocycles. The number of amides is 1. The molecule has 9 heteroatoms. The van der Waals surface area contributed by atoms with Crippen LogP contribution in [0.4, 0.5) is 21.8 Å². The molecule has 150 valence electrons. The van der Waals surface area contributed by atoms with Crippen molar-refractivity contribution >= 4 is 59.2 Å². The minimum atomic E-state index is -0.430. The van der Waals surface area contributed by atoms with E-state index in [2.05, 4.69) is 10.3 Å². The van der Waals surface area contributed by atoms with Crippen LogP contribution < -0.4 is 16.0 Å². The maximum absolute atomic E-state index is 13.3. The SMILES string of the molecule is Cl.Cl.Nc1ccc(F)cc1NC(=O)C1CCN(c2nc3ccccc3o2)CC1. The molecule has 0 radical (unpaired) electrons. The lowest BCUT2D eigenvalue weighted by Crippen LogP contribution is -2.38. The van der Waals surface area contributed by atoms with Gasteiger partial charge in [0, 0.05) is 19.0 Å². The van der Waals surface area contributed by atoms with Gasteiger partial charge in [-0.25, -0.2) is 4.39 Å². The summed E-state index contributed by atoms with van der Waals surface area (Å²) in [7, 11) is 0. The Morgan fingerprint density at radius 2 is 1.89 bits per heavy atom. The molecule has 1 amide bonds. The maximum atomic E-state index is 13.3. The Morgan fingerprint density at radius 1 is 1.18 bits per heavy atom. The van der Waals surface area contributed by atoms with Crippen molar-refractivity contribution < 1.29 is 13.6 Å². The number of piperidine rings is 1. The quantitative estimate of drug-likeness (QED) is 0.611. The summed E-state index contributed by atoms with van der Waals surface area (Å²) in [5, 5.41) is 2.74. The topological polar surface area (TPSA) is 84.4 Å². The van der Waals surface area contributed by atoms with Gasteiger partial charge < -0.3 is 20.4 Å². The van der Waals surface area contributed by atoms with Crippen molar-refractivity contribution in [2.24, 2.45) is 5.92 Å². The Bertz CT molecular complexity index is 925. The fraction of sp³-hybridized carbons (Fsp3) is 0.263. The Morgan fingerprint density at radius 3 is 2.61 bits per heavy atom. The van der Waals surface area contributed by atoms with Crippen LogP contribution in [-0.4, -0.2) is 24.0 Å². The summed E-state index contributed by atoms with van der Waals surface area (Å²) in [6.45, 7) is 1.34. The highest BCUT2D eigenvalue weighted by Crippen LogP contribution is 2.27. The third kappa shape index (κ3) is 4.48. The molecule has 0 bridgehead atoms. The van der Waals surface area contributed by atoms with Gasteiger partial charge >= 0.3 is 0 Å². The van der Waals surface area contributed by atoms with E-state index in [1.54, 1.807) is 0 Å². The summed E-state index contributed by atoms with van der Waals surface area (Å²) < 4.78 is 19.1. The van der Waals surface area contributed by atoms with E-state index in [1.165, 1.54) is 18.2 Å². The van der Waals surface area contributed by atoms with Gasteiger partial charge in [-0.2, -0.15) is 4.98 Å². The van der Waals surface area contributed by atoms with Gasteiger partial charge in [-0.3, -0.25) is 4.79 Å². The Kier molecular flexibility index (Phi) is 7.10. The van der Waals surface area contributed by atoms with E-state index in [0.717, 1.165) is 11.1 Å². The van der Waals surface area contributed by atoms with Gasteiger partial charge in [-0.1, -0.05) is 12.1 Å². The first kappa shape index (κ1) is 21.8. The average Bonchev–Trinajstić information content (AvgIpc) is 3.09. The zero-order chi connectivity index (χ0) is 18.1. The molecule has 1 aliphatic rings. The Hall–Kier alpha value is -2.51. The molecule has 0 saturated carbocycles. The summed E-state index contributed by atoms with van der Waals surface area (Å²) >= 11 is 0. The normalized spacial score (nSPS) is 14.2. The van der Waals surface area contributed by atoms with Crippen LogP contribution in [0.5, 0.6) is 0 Å². The lowest BCUT2D eigenvalue weighted by Gasteiger charge is -2.30. The number of rotatable bonds is 3. The van der Waals surface area contributed by atoms with Crippen molar-refractivity contribution in [3.63, 3.8) is 0 Å². The molecule has 1 aromatic heterocycles. The highest BCUT2D eigenvalue weighted by Gasteiger charge is 2.27. The largest absolute Gasteiger partial charge is 0.423 e. The van der Waals surface area contributed by atoms with Gasteiger partial charge in [0.25, 0.3) is 6.01 Å². The molecule has 0 spiro atoms. The molecule has 0 atom stereocenters. The van der Waals surface area contributed by atoms with Gasteiger partial charge in [-0.05, 0) is 43.2 Å². The second-order valence-corrected chi connectivity index (χ2v) is 6.45. The first-order valence-electron chi connectivity index (χ1n) is 8.56. The van der Waals surface area contributed by atoms with Gasteiger partial charge in [0.05, 0.1) is 11.4 Å². The number of oxazole rings is 1. The molecule has 3 aromatic rings. The first-order chi connectivity index (χ1) is 12.6. The molecule has 1 fully saturated rings. The summed E-state index contributed by atoms with van der Waals surface area (Å²) in [5.74, 6) is -0.724. The van der Waals surface area contributed by atoms with Crippen LogP contribution in [0.25, 0.3) is 11.1 Å². The van der Waals surface area contributed by atoms with Gasteiger partial charge in [0.15, 0.2) is 5.58 Å². The van der Waals surface area contributed by atoms with E-state index < -0.39 is 5.82 Å². The molecule has 6 nitrogen and oxygen atoms in total. The number of nitrogens with two attached hydrogens (primary N) is 1. The number of halogens is 3. The molecule has 0 aliphatic carbocycles. The molecule has 1 saturated heterocycles. The predicted molar refractivity (Wildman–Crippen MR) is 113 cm³/mol. The number of carbonyl (C=O) groups excluding carboxylic acids is 1. The van der Waals surface area contributed by atoms with E-state index >= 15 is 0 Å². The van der Waals surface area contributed by atoms with E-state index in [1.807, 2.05) is 29.2 Å². The van der Waals surface area contributed by atoms with Crippen molar-refractivity contribution in [1.29, 1.82) is 0 Å². The predicted octanol–water partition coefficient (Wildman–Crippen LogP) is 4.25. The zero-order valence-electron chi connectivity index (χ0n) is 14.9. The zero-order valence-corrected chi connectivity index (χ0v) is 16.6. The van der Waals surface area contributed by atoms with Crippen LogP contribution in [-0.2, 0) is 4.79 Å². The number of hydrogen-bond acceptors (Lipinski definition) is 5. The van der Waals surface area contributed by atoms with Crippen LogP contribution in [0.15, 0.2) is 46.9 Å². The monoisotopic (exact) mass is 426 g/mol. The van der Waals surface area contributed by atoms with Crippen LogP contribution in [0, 0.1) is 11.7 Å². The first-order valence-corrected chi connectivity index (χ1v) is 8.56. The smallest absolute Gasteiger partial charge is 0.298 e. The number of aromatic nitrogens is 1. The highest BCUT2D eigenvalue weighted by atomic mass is 35.5. The summed E-state index contributed by atoms with van der Waals surface area (Å²) in [6.07, 6.45) is 1.33. The molecule has 3 N–H and O–H groups in total. The Balaban J connectivity index is 0.00000140. The number of nitrogens with zero attached hydrogens (tertiary/aromatic N) is 2. The fourth-order valence-electron chi connectivity index (χ4n) is 3.20. The minimum absolute atomic E-state index is 0. The summed E-state index contributed by atoms with van der Waals surface area (Å²) in [6, 6.07) is 12.2. The van der Waals surface area contributed by atoms with Crippen LogP contribution in [0.3, 0.4) is 0 Å². The lowest BCUT2D eigenvalue weighted by molar-refractivity contribution is -0.120. The van der Waals surface area contributed by atoms with E-state index in [-0.39, 0.29) is 36.6 Å². The van der Waals surface area contributed by atoms with Crippen molar-refractivity contribution in [3.8, 4) is 0 Å². The molecular weight excluding hydrogens is 406 g/mol. The number of para-hydroxylation sites is 2. The summed E-state index contributed by atoms with van der Waals surface area (Å²) in [5.41, 5.74) is 8.04. The number of benzene rings is 2. The van der Waals surface area contributed by atoms with Crippen LogP contribution >= 0.6 is 24.8 Å². The molecule has 0 unspecified atom stereocenters. The number of hydrogen-bond donors (Lipinski definition) is 2. The van der Waals surface area contributed by atoms with Crippen molar-refractivity contribution in [1.82, 2.24) is 4.98 Å². The number of anilines is 3. The van der Waals surface area contributed by atoms with Gasteiger partial charge in [0.1, 0.15) is 11.3 Å². The minimum Gasteiger partial charge on any atom is -0.423 e. The van der Waals surface area contributed by atoms with Crippen molar-refractivity contribution in [3.05, 3.63) is 48.3 Å². The number of nitrogen functional groups attached to an aromatic ring is 1. The molecule has 4 rings (SSSR count). The molecular formula is C19H21Cl2FN4O2. The fourth-order valence-corrected chi connectivity index (χ4v) is 3.20. The van der Waals surface area contributed by atoms with E-state index in [0.29, 0.717) is 43.3 Å². The summed E-state index contributed by atoms with van der Waals surface area (Å²) in [4.78, 5) is 19.0. The highest BCUT2D eigenvalue weighted by molar-refractivity contribution is 5.95. The van der Waals surface area contributed by atoms with Crippen LogP contribution in [0.2, 0.25) is 0 Å². The van der Waals surface area contributed by atoms with Crippen molar-refractivity contribution in [2.45, 2.75) is 12.8 Å². The molecule has 2 aromatic carbocycles. The second kappa shape index (κ2) is 9.12. The standard InChI is InChI=1S/C19H19FN4O2.2ClH/c20-13-5-6-14(21)16(11-13)22-18(25)12-7-9-24(10-8-12)19-23-15-3-1-2-4-17(15)26-19;;/h1-6,11-12H,7-10,21H2,(H,22,25);2*1H. The van der Waals surface area contributed by atoms with Gasteiger partial charge in [-0.15, -0.1) is 24.8 Å². The number of carbonyl (C=O) groups is 1. The number of nitrogens with one attached hydrogen (secondary N) is 1. The number of fused-ring (bicyclic) bond motifs is 1. The van der Waals surface area contributed by atoms with Gasteiger partial charge in [0.2, 0.25) is 5.91 Å². The molecule has 28 heavy (non-hydrogen) atoms. The molecule has 2 heterocycles. The van der Waals surface area contributed by atoms with Crippen LogP contribution in [0.1, 0.15) is 12.8 Å². The third-order valence-electron chi connectivity index (χ3n) is 4.69. The average molecular weight is 427 g/mol. The van der Waals surface area contributed by atoms with E-state index in [4.69, 9.17) is 10.2 Å². The Labute approximate surface area is 174 Å². The van der Waals surface area contributed by atoms with Crippen molar-refractivity contribution in [2.75, 3.05) is 29.0 Å². The second-order valence-electron chi connectivity index (χ2n) is 6.45. The third-order valence-corrected chi connectivity index (χ3v) is 4.69. The van der Waals surface area contributed by atoms with E-state index in [9.17, 15) is 9.18 Å². The maximum Gasteiger partial charge on any atom is 0.298 e. The lowest BCUT2D eigenvalue weighted by atomic mass is 9.96.